The third-order valence-corrected chi connectivity index (χ3v) is 1.85. The van der Waals surface area contributed by atoms with Crippen molar-refractivity contribution in [3.8, 4) is 0 Å². The molecular weight excluding hydrogens is 218 g/mol. The van der Waals surface area contributed by atoms with E-state index < -0.39 is 19.1 Å². The number of amides is 1. The second-order valence-electron chi connectivity index (χ2n) is 3.99. The third-order valence-electron chi connectivity index (χ3n) is 1.85. The van der Waals surface area contributed by atoms with Gasteiger partial charge in [-0.05, 0) is 12.3 Å². The highest BCUT2D eigenvalue weighted by Gasteiger charge is 2.14. The lowest BCUT2D eigenvalue weighted by Gasteiger charge is -2.14. The van der Waals surface area contributed by atoms with E-state index in [1.54, 1.807) is 0 Å². The summed E-state index contributed by atoms with van der Waals surface area (Å²) in [6.45, 7) is 3.62. The molecule has 1 atom stereocenters. The minimum atomic E-state index is -2.47. The van der Waals surface area contributed by atoms with Crippen molar-refractivity contribution in [2.75, 3.05) is 19.8 Å². The maximum Gasteiger partial charge on any atom is 0.261 e. The number of halogens is 2. The van der Waals surface area contributed by atoms with E-state index in [0.717, 1.165) is 0 Å². The summed E-state index contributed by atoms with van der Waals surface area (Å²) in [5, 5.41) is 2.53. The van der Waals surface area contributed by atoms with Crippen molar-refractivity contribution < 1.29 is 18.3 Å². The molecule has 4 nitrogen and oxygen atoms in total. The highest BCUT2D eigenvalue weighted by molar-refractivity contribution is 5.81. The Morgan fingerprint density at radius 3 is 2.56 bits per heavy atom. The quantitative estimate of drug-likeness (QED) is 0.613. The van der Waals surface area contributed by atoms with Crippen LogP contribution in [0.2, 0.25) is 0 Å². The third kappa shape index (κ3) is 8.55. The van der Waals surface area contributed by atoms with Crippen LogP contribution in [-0.2, 0) is 9.53 Å². The topological polar surface area (TPSA) is 64.4 Å². The number of rotatable bonds is 8. The van der Waals surface area contributed by atoms with Gasteiger partial charge < -0.3 is 15.8 Å². The van der Waals surface area contributed by atoms with Crippen LogP contribution in [0.5, 0.6) is 0 Å². The van der Waals surface area contributed by atoms with Gasteiger partial charge in [0.25, 0.3) is 6.43 Å². The molecule has 0 aromatic heterocycles. The molecule has 0 rings (SSSR count). The normalized spacial score (nSPS) is 13.2. The fourth-order valence-corrected chi connectivity index (χ4v) is 1.16. The lowest BCUT2D eigenvalue weighted by atomic mass is 10.0. The number of alkyl halides is 2. The molecule has 3 N–H and O–H groups in total. The first kappa shape index (κ1) is 15.2. The molecular formula is C10H20F2N2O2. The molecule has 16 heavy (non-hydrogen) atoms. The van der Waals surface area contributed by atoms with E-state index in [-0.39, 0.29) is 19.1 Å². The molecule has 0 bridgehead atoms. The standard InChI is InChI=1S/C10H20F2N2O2/c1-7(2)5-8(13)10(15)14-3-4-16-6-9(11)12/h7-9H,3-6,13H2,1-2H3,(H,14,15)/t8-/m1/s1. The van der Waals surface area contributed by atoms with Gasteiger partial charge >= 0.3 is 0 Å². The zero-order valence-electron chi connectivity index (χ0n) is 9.71. The molecule has 0 saturated carbocycles. The number of nitrogens with one attached hydrogen (secondary N) is 1. The summed E-state index contributed by atoms with van der Waals surface area (Å²) in [5.41, 5.74) is 5.61. The van der Waals surface area contributed by atoms with E-state index in [2.05, 4.69) is 10.1 Å². The summed E-state index contributed by atoms with van der Waals surface area (Å²) in [5.74, 6) is 0.0742. The summed E-state index contributed by atoms with van der Waals surface area (Å²) >= 11 is 0. The lowest BCUT2D eigenvalue weighted by molar-refractivity contribution is -0.123. The van der Waals surface area contributed by atoms with Gasteiger partial charge in [0.2, 0.25) is 5.91 Å². The van der Waals surface area contributed by atoms with Crippen LogP contribution in [0, 0.1) is 5.92 Å². The van der Waals surface area contributed by atoms with Crippen LogP contribution >= 0.6 is 0 Å². The monoisotopic (exact) mass is 238 g/mol. The molecule has 0 aromatic rings. The molecule has 6 heteroatoms. The second-order valence-corrected chi connectivity index (χ2v) is 3.99. The van der Waals surface area contributed by atoms with Gasteiger partial charge in [0, 0.05) is 6.54 Å². The maximum absolute atomic E-state index is 11.7. The van der Waals surface area contributed by atoms with E-state index >= 15 is 0 Å². The Labute approximate surface area is 94.5 Å². The molecule has 0 aromatic carbocycles. The molecule has 0 unspecified atom stereocenters. The van der Waals surface area contributed by atoms with Gasteiger partial charge in [-0.3, -0.25) is 4.79 Å². The van der Waals surface area contributed by atoms with Crippen molar-refractivity contribution in [1.29, 1.82) is 0 Å². The Kier molecular flexibility index (Phi) is 8.01. The van der Waals surface area contributed by atoms with Crippen molar-refractivity contribution in [2.45, 2.75) is 32.7 Å². The van der Waals surface area contributed by atoms with Crippen molar-refractivity contribution in [2.24, 2.45) is 11.7 Å². The first-order valence-corrected chi connectivity index (χ1v) is 5.32. The molecule has 0 aliphatic heterocycles. The van der Waals surface area contributed by atoms with Gasteiger partial charge in [-0.15, -0.1) is 0 Å². The number of hydrogen-bond donors (Lipinski definition) is 2. The van der Waals surface area contributed by atoms with Crippen LogP contribution in [0.25, 0.3) is 0 Å². The highest BCUT2D eigenvalue weighted by Crippen LogP contribution is 2.02. The van der Waals surface area contributed by atoms with Crippen LogP contribution in [0.15, 0.2) is 0 Å². The van der Waals surface area contributed by atoms with Crippen LogP contribution in [0.3, 0.4) is 0 Å². The number of carbonyl (C=O) groups is 1. The summed E-state index contributed by atoms with van der Waals surface area (Å²) in [6.07, 6.45) is -1.87. The summed E-state index contributed by atoms with van der Waals surface area (Å²) in [4.78, 5) is 11.3. The summed E-state index contributed by atoms with van der Waals surface area (Å²) in [7, 11) is 0. The first-order valence-electron chi connectivity index (χ1n) is 5.32. The van der Waals surface area contributed by atoms with Gasteiger partial charge in [-0.25, -0.2) is 8.78 Å². The van der Waals surface area contributed by atoms with Gasteiger partial charge in [0.1, 0.15) is 6.61 Å². The zero-order chi connectivity index (χ0) is 12.6. The highest BCUT2D eigenvalue weighted by atomic mass is 19.3. The number of nitrogens with two attached hydrogens (primary N) is 1. The summed E-state index contributed by atoms with van der Waals surface area (Å²) in [6, 6.07) is -0.546. The molecule has 1 amide bonds. The Morgan fingerprint density at radius 2 is 2.06 bits per heavy atom. The van der Waals surface area contributed by atoms with Crippen LogP contribution in [0.1, 0.15) is 20.3 Å². The molecule has 0 aliphatic rings. The van der Waals surface area contributed by atoms with Gasteiger partial charge in [0.05, 0.1) is 12.6 Å². The average Bonchev–Trinajstić information content (AvgIpc) is 2.15. The van der Waals surface area contributed by atoms with Crippen LogP contribution in [-0.4, -0.2) is 38.1 Å². The predicted octanol–water partition coefficient (Wildman–Crippen LogP) is 0.758. The zero-order valence-corrected chi connectivity index (χ0v) is 9.71. The van der Waals surface area contributed by atoms with E-state index in [1.165, 1.54) is 0 Å². The van der Waals surface area contributed by atoms with Crippen LogP contribution in [0.4, 0.5) is 8.78 Å². The van der Waals surface area contributed by atoms with Crippen molar-refractivity contribution in [1.82, 2.24) is 5.32 Å². The van der Waals surface area contributed by atoms with Crippen molar-refractivity contribution >= 4 is 5.91 Å². The number of hydrogen-bond acceptors (Lipinski definition) is 3. The molecule has 0 heterocycles. The van der Waals surface area contributed by atoms with E-state index in [0.29, 0.717) is 12.3 Å². The first-order chi connectivity index (χ1) is 7.43. The molecule has 0 aliphatic carbocycles. The summed E-state index contributed by atoms with van der Waals surface area (Å²) < 4.78 is 27.9. The van der Waals surface area contributed by atoms with E-state index in [4.69, 9.17) is 5.73 Å². The van der Waals surface area contributed by atoms with Crippen molar-refractivity contribution in [3.63, 3.8) is 0 Å². The molecule has 96 valence electrons. The Bertz CT molecular complexity index is 201. The Morgan fingerprint density at radius 1 is 1.44 bits per heavy atom. The van der Waals surface area contributed by atoms with Crippen molar-refractivity contribution in [3.05, 3.63) is 0 Å². The average molecular weight is 238 g/mol. The fourth-order valence-electron chi connectivity index (χ4n) is 1.16. The predicted molar refractivity (Wildman–Crippen MR) is 57.3 cm³/mol. The molecule has 0 spiro atoms. The smallest absolute Gasteiger partial charge is 0.261 e. The Balaban J connectivity index is 3.50. The van der Waals surface area contributed by atoms with Crippen LogP contribution < -0.4 is 11.1 Å². The molecule has 0 fully saturated rings. The van der Waals surface area contributed by atoms with E-state index in [9.17, 15) is 13.6 Å². The minimum Gasteiger partial charge on any atom is -0.374 e. The van der Waals surface area contributed by atoms with Gasteiger partial charge in [-0.2, -0.15) is 0 Å². The maximum atomic E-state index is 11.7. The number of carbonyl (C=O) groups excluding carboxylic acids is 1. The largest absolute Gasteiger partial charge is 0.374 e. The SMILES string of the molecule is CC(C)C[C@@H](N)C(=O)NCCOCC(F)F. The molecule has 0 radical (unpaired) electrons. The van der Waals surface area contributed by atoms with E-state index in [1.807, 2.05) is 13.8 Å². The number of ether oxygens (including phenoxy) is 1. The van der Waals surface area contributed by atoms with Gasteiger partial charge in [0.15, 0.2) is 0 Å². The lowest BCUT2D eigenvalue weighted by Crippen LogP contribution is -2.42. The minimum absolute atomic E-state index is 0.0739. The Hall–Kier alpha value is -0.750. The van der Waals surface area contributed by atoms with Gasteiger partial charge in [-0.1, -0.05) is 13.8 Å². The second kappa shape index (κ2) is 8.41. The fraction of sp³-hybridized carbons (Fsp3) is 0.900. The molecule has 0 saturated heterocycles.